The number of hydrogen-bond acceptors (Lipinski definition) is 3. The first-order valence-electron chi connectivity index (χ1n) is 11.0. The van der Waals surface area contributed by atoms with Crippen molar-refractivity contribution in [3.8, 4) is 17.3 Å². The average Bonchev–Trinajstić information content (AvgIpc) is 3.35. The Labute approximate surface area is 206 Å². The summed E-state index contributed by atoms with van der Waals surface area (Å²) in [5, 5.41) is 20.4. The highest BCUT2D eigenvalue weighted by atomic mass is 19.4. The fraction of sp³-hybridized carbons (Fsp3) is 0.0345. The van der Waals surface area contributed by atoms with E-state index in [9.17, 15) is 22.8 Å². The van der Waals surface area contributed by atoms with Crippen LogP contribution in [-0.4, -0.2) is 0 Å². The van der Waals surface area contributed by atoms with E-state index in [1.165, 1.54) is 6.07 Å². The van der Waals surface area contributed by atoms with Gasteiger partial charge in [0.25, 0.3) is 0 Å². The zero-order valence-corrected chi connectivity index (χ0v) is 18.7. The maximum atomic E-state index is 13.8. The van der Waals surface area contributed by atoms with Crippen molar-refractivity contribution in [3.05, 3.63) is 106 Å². The van der Waals surface area contributed by atoms with Crippen LogP contribution in [-0.2, 0) is 6.18 Å². The first-order chi connectivity index (χ1) is 17.8. The Morgan fingerprint density at radius 3 is 1.97 bits per heavy atom. The molecule has 4 nitrogen and oxygen atoms in total. The van der Waals surface area contributed by atoms with Crippen LogP contribution < -0.4 is 10.7 Å². The number of fused-ring (bicyclic) bond motifs is 6. The second kappa shape index (κ2) is 7.97. The van der Waals surface area contributed by atoms with Crippen molar-refractivity contribution < 1.29 is 17.6 Å². The van der Waals surface area contributed by atoms with Gasteiger partial charge < -0.3 is 0 Å². The lowest BCUT2D eigenvalue weighted by Crippen LogP contribution is -2.08. The van der Waals surface area contributed by atoms with Crippen molar-refractivity contribution in [2.75, 3.05) is 0 Å². The predicted octanol–water partition coefficient (Wildman–Crippen LogP) is 7.12. The summed E-state index contributed by atoms with van der Waals surface area (Å²) in [6.45, 7) is 7.36. The summed E-state index contributed by atoms with van der Waals surface area (Å²) < 4.78 is 53.7. The van der Waals surface area contributed by atoms with Gasteiger partial charge in [0.2, 0.25) is 6.19 Å². The summed E-state index contributed by atoms with van der Waals surface area (Å²) in [6, 6.07) is 19.3. The highest BCUT2D eigenvalue weighted by Gasteiger charge is 2.34. The van der Waals surface area contributed by atoms with Gasteiger partial charge in [0.1, 0.15) is 5.82 Å². The summed E-state index contributed by atoms with van der Waals surface area (Å²) in [6.07, 6.45) is -2.96. The molecule has 0 spiro atoms. The molecule has 0 aliphatic carbocycles. The molecule has 0 saturated heterocycles. The molecular weight excluding hydrogens is 480 g/mol. The summed E-state index contributed by atoms with van der Waals surface area (Å²) in [4.78, 5) is 7.28. The predicted molar refractivity (Wildman–Crippen MR) is 133 cm³/mol. The van der Waals surface area contributed by atoms with Gasteiger partial charge in [0, 0.05) is 21.5 Å². The molecule has 0 atom stereocenters. The lowest BCUT2D eigenvalue weighted by Gasteiger charge is -2.10. The van der Waals surface area contributed by atoms with Crippen LogP contribution in [0.5, 0.6) is 0 Å². The van der Waals surface area contributed by atoms with Crippen LogP contribution in [0.1, 0.15) is 5.56 Å². The Hall–Kier alpha value is -5.08. The number of nitrogens with zero attached hydrogens (tertiary/aromatic N) is 4. The van der Waals surface area contributed by atoms with E-state index in [0.717, 1.165) is 44.5 Å². The second-order valence-corrected chi connectivity index (χ2v) is 8.55. The standard InChI is InChI=1S/C29H12F4N4/c1-35-37-28-22-10-15(16-7-9-26(30)25(11-16)29(31,32)33)6-8-18(22)21-12-23-20(13-24(21)28)17-4-2-3-5-19(17)27(23)36-14-34/h2-13H/b36-27?,37-28-. The first kappa shape index (κ1) is 22.4. The molecule has 0 aliphatic heterocycles. The van der Waals surface area contributed by atoms with Crippen molar-refractivity contribution in [1.82, 2.24) is 0 Å². The number of alkyl halides is 3. The van der Waals surface area contributed by atoms with E-state index in [0.29, 0.717) is 27.1 Å². The van der Waals surface area contributed by atoms with Gasteiger partial charge >= 0.3 is 6.18 Å². The van der Waals surface area contributed by atoms with Crippen molar-refractivity contribution in [3.63, 3.8) is 0 Å². The molecule has 0 saturated carbocycles. The number of rotatable bonds is 1. The molecule has 0 N–H and O–H groups in total. The molecule has 8 heteroatoms. The normalized spacial score (nSPS) is 13.1. The third kappa shape index (κ3) is 3.35. The van der Waals surface area contributed by atoms with Gasteiger partial charge in [-0.1, -0.05) is 42.5 Å². The molecule has 0 heterocycles. The van der Waals surface area contributed by atoms with Crippen molar-refractivity contribution >= 4 is 43.1 Å². The highest BCUT2D eigenvalue weighted by Crippen LogP contribution is 2.37. The van der Waals surface area contributed by atoms with E-state index in [1.54, 1.807) is 18.2 Å². The largest absolute Gasteiger partial charge is 0.419 e. The topological polar surface area (TPSA) is 52.9 Å². The Balaban J connectivity index is 1.70. The highest BCUT2D eigenvalue weighted by molar-refractivity contribution is 6.21. The third-order valence-electron chi connectivity index (χ3n) is 6.62. The molecule has 176 valence electrons. The van der Waals surface area contributed by atoms with E-state index >= 15 is 0 Å². The fourth-order valence-corrected chi connectivity index (χ4v) is 5.06. The van der Waals surface area contributed by atoms with Gasteiger partial charge in [-0.2, -0.15) is 30.0 Å². The van der Waals surface area contributed by atoms with Crippen LogP contribution in [0.25, 0.3) is 59.2 Å². The molecule has 0 unspecified atom stereocenters. The van der Waals surface area contributed by atoms with Crippen molar-refractivity contribution in [1.29, 1.82) is 5.26 Å². The van der Waals surface area contributed by atoms with E-state index < -0.39 is 17.6 Å². The first-order valence-corrected chi connectivity index (χ1v) is 11.0. The minimum atomic E-state index is -4.83. The molecule has 0 radical (unpaired) electrons. The smallest absolute Gasteiger partial charge is 0.206 e. The Kier molecular flexibility index (Phi) is 4.82. The molecule has 0 aliphatic rings. The molecular formula is C29H12F4N4. The maximum Gasteiger partial charge on any atom is 0.419 e. The van der Waals surface area contributed by atoms with Gasteiger partial charge in [-0.05, 0) is 63.0 Å². The number of halogens is 4. The van der Waals surface area contributed by atoms with E-state index in [4.69, 9.17) is 6.57 Å². The Morgan fingerprint density at radius 2 is 1.30 bits per heavy atom. The van der Waals surface area contributed by atoms with Gasteiger partial charge in [0.05, 0.1) is 16.0 Å². The van der Waals surface area contributed by atoms with Crippen molar-refractivity contribution in [2.45, 2.75) is 6.18 Å². The average molecular weight is 492 g/mol. The van der Waals surface area contributed by atoms with Crippen LogP contribution in [0.15, 0.2) is 82.9 Å². The van der Waals surface area contributed by atoms with Gasteiger partial charge in [0.15, 0.2) is 5.36 Å². The molecule has 37 heavy (non-hydrogen) atoms. The molecule has 6 rings (SSSR count). The van der Waals surface area contributed by atoms with E-state index in [-0.39, 0.29) is 5.56 Å². The van der Waals surface area contributed by atoms with Crippen LogP contribution in [0.4, 0.5) is 17.6 Å². The van der Waals surface area contributed by atoms with E-state index in [2.05, 4.69) is 15.0 Å². The fourth-order valence-electron chi connectivity index (χ4n) is 5.06. The van der Waals surface area contributed by atoms with Gasteiger partial charge in [-0.15, -0.1) is 4.95 Å². The molecule has 0 aromatic heterocycles. The van der Waals surface area contributed by atoms with Crippen LogP contribution in [0.2, 0.25) is 0 Å². The summed E-state index contributed by atoms with van der Waals surface area (Å²) >= 11 is 0. The minimum Gasteiger partial charge on any atom is -0.206 e. The molecule has 0 bridgehead atoms. The summed E-state index contributed by atoms with van der Waals surface area (Å²) in [5.74, 6) is -1.34. The SMILES string of the molecule is [C-]#[N+]/N=c1/c2cc(-c3ccc(F)c(C(F)(F)F)c3)ccc2c2cc3c(=NC#N)c4ccccc4c3cc12. The third-order valence-corrected chi connectivity index (χ3v) is 6.62. The van der Waals surface area contributed by atoms with Crippen molar-refractivity contribution in [2.24, 2.45) is 10.1 Å². The van der Waals surface area contributed by atoms with Crippen LogP contribution >= 0.6 is 0 Å². The molecule has 0 fully saturated rings. The van der Waals surface area contributed by atoms with Crippen LogP contribution in [0, 0.1) is 23.8 Å². The quantitative estimate of drug-likeness (QED) is 0.104. The summed E-state index contributed by atoms with van der Waals surface area (Å²) in [5.41, 5.74) is -0.725. The zero-order valence-electron chi connectivity index (χ0n) is 18.7. The Bertz CT molecular complexity index is 2120. The second-order valence-electron chi connectivity index (χ2n) is 8.55. The molecule has 6 aromatic rings. The van der Waals surface area contributed by atoms with Gasteiger partial charge in [-0.3, -0.25) is 0 Å². The van der Waals surface area contributed by atoms with Crippen LogP contribution in [0.3, 0.4) is 0 Å². The number of hydrogen-bond donors (Lipinski definition) is 0. The monoisotopic (exact) mass is 492 g/mol. The lowest BCUT2D eigenvalue weighted by atomic mass is 10.00. The van der Waals surface area contributed by atoms with E-state index in [1.807, 2.05) is 42.6 Å². The Morgan fingerprint density at radius 1 is 0.703 bits per heavy atom. The molecule has 6 aromatic carbocycles. The number of benzene rings is 4. The number of nitriles is 1. The molecule has 0 amide bonds. The van der Waals surface area contributed by atoms with Gasteiger partial charge in [-0.25, -0.2) is 4.39 Å². The minimum absolute atomic E-state index is 0.189. The summed E-state index contributed by atoms with van der Waals surface area (Å²) in [7, 11) is 0. The zero-order chi connectivity index (χ0) is 25.9. The maximum absolute atomic E-state index is 13.8. The lowest BCUT2D eigenvalue weighted by molar-refractivity contribution is -0.139.